The summed E-state index contributed by atoms with van der Waals surface area (Å²) in [4.78, 5) is 2.49. The maximum Gasteiger partial charge on any atom is 0.126 e. The largest absolute Gasteiger partial charge is 0.380 e. The van der Waals surface area contributed by atoms with Crippen molar-refractivity contribution in [1.29, 1.82) is 0 Å². The molecule has 1 unspecified atom stereocenters. The second-order valence-corrected chi connectivity index (χ2v) is 6.51. The predicted octanol–water partition coefficient (Wildman–Crippen LogP) is 2.74. The molecular weight excluding hydrogens is 257 g/mol. The molecule has 0 spiro atoms. The Labute approximate surface area is 122 Å². The standard InChI is InChI=1S/C16H30FNO2/c1-4-13-9-18(10-16(13)19-3)7-5-12(2)14-6-8-20-11-15(14)17/h12-16H,4-11H2,1-3H3/t12?,13-,14+,15+,16-/m0/s1. The summed E-state index contributed by atoms with van der Waals surface area (Å²) in [5.74, 6) is 1.29. The lowest BCUT2D eigenvalue weighted by atomic mass is 9.84. The highest BCUT2D eigenvalue weighted by atomic mass is 19.1. The molecule has 2 aliphatic rings. The number of alkyl halides is 1. The molecule has 0 aromatic heterocycles. The molecule has 0 aliphatic carbocycles. The number of methoxy groups -OCH3 is 1. The molecule has 5 atom stereocenters. The molecule has 2 fully saturated rings. The number of rotatable bonds is 6. The van der Waals surface area contributed by atoms with Crippen LogP contribution in [0, 0.1) is 17.8 Å². The van der Waals surface area contributed by atoms with Crippen LogP contribution in [0.15, 0.2) is 0 Å². The third-order valence-electron chi connectivity index (χ3n) is 5.25. The lowest BCUT2D eigenvalue weighted by Gasteiger charge is -2.31. The molecule has 0 N–H and O–H groups in total. The minimum absolute atomic E-state index is 0.187. The van der Waals surface area contributed by atoms with E-state index in [-0.39, 0.29) is 5.92 Å². The van der Waals surface area contributed by atoms with Crippen molar-refractivity contribution in [3.8, 4) is 0 Å². The summed E-state index contributed by atoms with van der Waals surface area (Å²) in [5, 5.41) is 0. The molecule has 3 nitrogen and oxygen atoms in total. The third kappa shape index (κ3) is 3.92. The van der Waals surface area contributed by atoms with Crippen molar-refractivity contribution in [2.45, 2.75) is 45.4 Å². The van der Waals surface area contributed by atoms with Crippen molar-refractivity contribution >= 4 is 0 Å². The lowest BCUT2D eigenvalue weighted by molar-refractivity contribution is -0.0210. The fourth-order valence-corrected chi connectivity index (χ4v) is 3.73. The first-order valence-electron chi connectivity index (χ1n) is 8.12. The van der Waals surface area contributed by atoms with Gasteiger partial charge < -0.3 is 14.4 Å². The highest BCUT2D eigenvalue weighted by Crippen LogP contribution is 2.29. The average Bonchev–Trinajstić information content (AvgIpc) is 2.87. The smallest absolute Gasteiger partial charge is 0.126 e. The summed E-state index contributed by atoms with van der Waals surface area (Å²) in [5.41, 5.74) is 0. The van der Waals surface area contributed by atoms with Crippen molar-refractivity contribution in [2.24, 2.45) is 17.8 Å². The molecule has 0 saturated carbocycles. The van der Waals surface area contributed by atoms with E-state index in [1.54, 1.807) is 0 Å². The Morgan fingerprint density at radius 3 is 2.80 bits per heavy atom. The maximum atomic E-state index is 13.9. The molecule has 2 heterocycles. The SMILES string of the molecule is CC[C@H]1CN(CCC(C)[C@H]2CCOC[C@H]2F)C[C@@H]1OC. The Bertz CT molecular complexity index is 278. The van der Waals surface area contributed by atoms with Gasteiger partial charge in [-0.2, -0.15) is 0 Å². The molecule has 2 saturated heterocycles. The number of hydrogen-bond donors (Lipinski definition) is 0. The molecular formula is C16H30FNO2. The molecule has 0 radical (unpaired) electrons. The number of nitrogens with zero attached hydrogens (tertiary/aromatic N) is 1. The Morgan fingerprint density at radius 1 is 1.40 bits per heavy atom. The molecule has 2 aliphatic heterocycles. The van der Waals surface area contributed by atoms with Crippen molar-refractivity contribution in [3.63, 3.8) is 0 Å². The molecule has 20 heavy (non-hydrogen) atoms. The topological polar surface area (TPSA) is 21.7 Å². The van der Waals surface area contributed by atoms with Gasteiger partial charge in [0.1, 0.15) is 6.17 Å². The summed E-state index contributed by atoms with van der Waals surface area (Å²) in [7, 11) is 1.81. The van der Waals surface area contributed by atoms with Gasteiger partial charge in [-0.3, -0.25) is 0 Å². The van der Waals surface area contributed by atoms with E-state index in [4.69, 9.17) is 9.47 Å². The molecule has 0 aromatic carbocycles. The Hall–Kier alpha value is -0.190. The zero-order valence-corrected chi connectivity index (χ0v) is 13.2. The predicted molar refractivity (Wildman–Crippen MR) is 78.6 cm³/mol. The van der Waals surface area contributed by atoms with Crippen molar-refractivity contribution < 1.29 is 13.9 Å². The van der Waals surface area contributed by atoms with Gasteiger partial charge in [0.25, 0.3) is 0 Å². The van der Waals surface area contributed by atoms with Crippen LogP contribution >= 0.6 is 0 Å². The van der Waals surface area contributed by atoms with E-state index in [2.05, 4.69) is 18.7 Å². The second kappa shape index (κ2) is 7.71. The van der Waals surface area contributed by atoms with Gasteiger partial charge in [0.15, 0.2) is 0 Å². The monoisotopic (exact) mass is 287 g/mol. The van der Waals surface area contributed by atoms with Crippen LogP contribution in [0.5, 0.6) is 0 Å². The van der Waals surface area contributed by atoms with E-state index in [9.17, 15) is 4.39 Å². The van der Waals surface area contributed by atoms with E-state index in [0.29, 0.717) is 24.5 Å². The zero-order chi connectivity index (χ0) is 14.5. The van der Waals surface area contributed by atoms with Gasteiger partial charge in [0.2, 0.25) is 0 Å². The van der Waals surface area contributed by atoms with Crippen LogP contribution in [0.1, 0.15) is 33.1 Å². The van der Waals surface area contributed by atoms with Gasteiger partial charge in [-0.05, 0) is 43.6 Å². The number of ether oxygens (including phenoxy) is 2. The summed E-state index contributed by atoms with van der Waals surface area (Å²) in [6.07, 6.45) is 2.75. The third-order valence-corrected chi connectivity index (χ3v) is 5.25. The highest BCUT2D eigenvalue weighted by Gasteiger charge is 2.33. The summed E-state index contributed by atoms with van der Waals surface area (Å²) in [6.45, 7) is 8.69. The van der Waals surface area contributed by atoms with Crippen LogP contribution in [-0.2, 0) is 9.47 Å². The number of likely N-dealkylation sites (tertiary alicyclic amines) is 1. The normalized spacial score (nSPS) is 37.2. The average molecular weight is 287 g/mol. The maximum absolute atomic E-state index is 13.9. The lowest BCUT2D eigenvalue weighted by Crippen LogP contribution is -2.35. The van der Waals surface area contributed by atoms with Crippen molar-refractivity contribution in [3.05, 3.63) is 0 Å². The quantitative estimate of drug-likeness (QED) is 0.750. The summed E-state index contributed by atoms with van der Waals surface area (Å²) >= 11 is 0. The summed E-state index contributed by atoms with van der Waals surface area (Å²) in [6, 6.07) is 0. The van der Waals surface area contributed by atoms with Gasteiger partial charge in [0.05, 0.1) is 12.7 Å². The Morgan fingerprint density at radius 2 is 2.20 bits per heavy atom. The van der Waals surface area contributed by atoms with Crippen LogP contribution in [-0.4, -0.2) is 57.1 Å². The van der Waals surface area contributed by atoms with Crippen LogP contribution in [0.25, 0.3) is 0 Å². The van der Waals surface area contributed by atoms with E-state index in [1.807, 2.05) is 7.11 Å². The summed E-state index contributed by atoms with van der Waals surface area (Å²) < 4.78 is 24.6. The van der Waals surface area contributed by atoms with Gasteiger partial charge >= 0.3 is 0 Å². The first-order chi connectivity index (χ1) is 9.65. The Balaban J connectivity index is 1.74. The Kier molecular flexibility index (Phi) is 6.24. The molecule has 0 aromatic rings. The minimum atomic E-state index is -0.771. The second-order valence-electron chi connectivity index (χ2n) is 6.51. The van der Waals surface area contributed by atoms with Crippen LogP contribution < -0.4 is 0 Å². The molecule has 118 valence electrons. The van der Waals surface area contributed by atoms with Crippen LogP contribution in [0.3, 0.4) is 0 Å². The van der Waals surface area contributed by atoms with Gasteiger partial charge in [-0.15, -0.1) is 0 Å². The molecule has 2 rings (SSSR count). The van der Waals surface area contributed by atoms with E-state index in [0.717, 1.165) is 39.1 Å². The van der Waals surface area contributed by atoms with Crippen molar-refractivity contribution in [1.82, 2.24) is 4.90 Å². The fraction of sp³-hybridized carbons (Fsp3) is 1.00. The van der Waals surface area contributed by atoms with Crippen LogP contribution in [0.4, 0.5) is 4.39 Å². The molecule has 0 bridgehead atoms. The van der Waals surface area contributed by atoms with E-state index < -0.39 is 6.17 Å². The first-order valence-corrected chi connectivity index (χ1v) is 8.12. The first kappa shape index (κ1) is 16.2. The van der Waals surface area contributed by atoms with Crippen molar-refractivity contribution in [2.75, 3.05) is 40.0 Å². The minimum Gasteiger partial charge on any atom is -0.380 e. The number of hydrogen-bond acceptors (Lipinski definition) is 3. The van der Waals surface area contributed by atoms with E-state index in [1.165, 1.54) is 6.42 Å². The zero-order valence-electron chi connectivity index (χ0n) is 13.2. The fourth-order valence-electron chi connectivity index (χ4n) is 3.73. The number of halogens is 1. The van der Waals surface area contributed by atoms with Gasteiger partial charge in [0, 0.05) is 26.8 Å². The highest BCUT2D eigenvalue weighted by molar-refractivity contribution is 4.85. The van der Waals surface area contributed by atoms with Gasteiger partial charge in [-0.1, -0.05) is 13.8 Å². The molecule has 4 heteroatoms. The van der Waals surface area contributed by atoms with E-state index >= 15 is 0 Å². The molecule has 0 amide bonds. The van der Waals surface area contributed by atoms with Gasteiger partial charge in [-0.25, -0.2) is 4.39 Å². The van der Waals surface area contributed by atoms with Crippen LogP contribution in [0.2, 0.25) is 0 Å².